The molecule has 0 saturated carbocycles. The van der Waals surface area contributed by atoms with E-state index in [0.717, 1.165) is 0 Å². The molecular weight excluding hydrogens is 257 g/mol. The van der Waals surface area contributed by atoms with Crippen molar-refractivity contribution in [3.63, 3.8) is 0 Å². The summed E-state index contributed by atoms with van der Waals surface area (Å²) in [6.45, 7) is 0. The van der Waals surface area contributed by atoms with E-state index in [1.165, 1.54) is 30.5 Å². The first-order valence-corrected chi connectivity index (χ1v) is 6.54. The van der Waals surface area contributed by atoms with E-state index < -0.39 is 22.5 Å². The van der Waals surface area contributed by atoms with E-state index in [1.807, 2.05) is 0 Å². The van der Waals surface area contributed by atoms with Crippen LogP contribution in [0, 0.1) is 5.82 Å². The van der Waals surface area contributed by atoms with Crippen molar-refractivity contribution in [3.05, 3.63) is 35.8 Å². The van der Waals surface area contributed by atoms with Gasteiger partial charge in [0.25, 0.3) is 5.91 Å². The Morgan fingerprint density at radius 2 is 2.00 bits per heavy atom. The second-order valence-corrected chi connectivity index (χ2v) is 4.89. The first kappa shape index (κ1) is 12.4. The monoisotopic (exact) mass is 267 g/mol. The maximum Gasteiger partial charge on any atom is 0.267 e. The number of halogens is 1. The normalized spacial score (nSPS) is 12.3. The number of amides is 1. The lowest BCUT2D eigenvalue weighted by molar-refractivity contribution is 0.0996. The van der Waals surface area contributed by atoms with Crippen LogP contribution in [0.25, 0.3) is 11.3 Å². The molecule has 5 nitrogen and oxygen atoms in total. The van der Waals surface area contributed by atoms with Crippen LogP contribution < -0.4 is 5.73 Å². The van der Waals surface area contributed by atoms with Crippen molar-refractivity contribution in [2.75, 3.05) is 6.26 Å². The summed E-state index contributed by atoms with van der Waals surface area (Å²) < 4.78 is 24.2. The highest BCUT2D eigenvalue weighted by atomic mass is 32.2. The molecule has 0 radical (unpaired) electrons. The number of H-pyrrole nitrogens is 1. The van der Waals surface area contributed by atoms with Crippen LogP contribution in [-0.2, 0) is 10.8 Å². The third-order valence-corrected chi connectivity index (χ3v) is 3.06. The first-order chi connectivity index (χ1) is 8.49. The Balaban J connectivity index is 2.58. The first-order valence-electron chi connectivity index (χ1n) is 4.98. The Morgan fingerprint density at radius 3 is 2.50 bits per heavy atom. The number of primary amides is 1. The summed E-state index contributed by atoms with van der Waals surface area (Å²) in [5, 5.41) is 0.156. The second-order valence-electron chi connectivity index (χ2n) is 3.59. The molecule has 2 rings (SSSR count). The quantitative estimate of drug-likeness (QED) is 0.871. The second kappa shape index (κ2) is 4.69. The minimum Gasteiger partial charge on any atom is -0.364 e. The number of rotatable bonds is 3. The highest BCUT2D eigenvalue weighted by Gasteiger charge is 2.17. The van der Waals surface area contributed by atoms with Gasteiger partial charge in [0.2, 0.25) is 0 Å². The summed E-state index contributed by atoms with van der Waals surface area (Å²) in [6.07, 6.45) is 1.43. The Hall–Kier alpha value is -2.02. The van der Waals surface area contributed by atoms with Gasteiger partial charge in [0, 0.05) is 11.8 Å². The van der Waals surface area contributed by atoms with Crippen LogP contribution in [0.15, 0.2) is 29.4 Å². The third-order valence-electron chi connectivity index (χ3n) is 2.32. The number of carbonyl (C=O) groups is 1. The van der Waals surface area contributed by atoms with Gasteiger partial charge >= 0.3 is 0 Å². The molecule has 3 N–H and O–H groups in total. The van der Waals surface area contributed by atoms with Crippen molar-refractivity contribution in [2.45, 2.75) is 5.16 Å². The molecule has 0 aliphatic carbocycles. The minimum atomic E-state index is -1.36. The van der Waals surface area contributed by atoms with Crippen molar-refractivity contribution in [1.29, 1.82) is 0 Å². The van der Waals surface area contributed by atoms with E-state index in [1.54, 1.807) is 0 Å². The highest BCUT2D eigenvalue weighted by Crippen LogP contribution is 2.22. The molecule has 94 valence electrons. The fourth-order valence-corrected chi connectivity index (χ4v) is 1.95. The number of benzene rings is 1. The lowest BCUT2D eigenvalue weighted by Crippen LogP contribution is -2.12. The van der Waals surface area contributed by atoms with Crippen molar-refractivity contribution < 1.29 is 13.4 Å². The number of aromatic nitrogens is 2. The number of hydrogen-bond acceptors (Lipinski definition) is 3. The molecule has 0 fully saturated rings. The van der Waals surface area contributed by atoms with Gasteiger partial charge in [-0.1, -0.05) is 0 Å². The summed E-state index contributed by atoms with van der Waals surface area (Å²) in [7, 11) is -1.36. The van der Waals surface area contributed by atoms with E-state index in [9.17, 15) is 13.4 Å². The number of nitrogens with two attached hydrogens (primary N) is 1. The number of nitrogens with zero attached hydrogens (tertiary/aromatic N) is 1. The average molecular weight is 267 g/mol. The van der Waals surface area contributed by atoms with Crippen LogP contribution in [0.3, 0.4) is 0 Å². The molecular formula is C11H10FN3O2S. The zero-order chi connectivity index (χ0) is 13.3. The number of hydrogen-bond donors (Lipinski definition) is 2. The van der Waals surface area contributed by atoms with E-state index >= 15 is 0 Å². The summed E-state index contributed by atoms with van der Waals surface area (Å²) in [5.41, 5.74) is 6.07. The number of carbonyl (C=O) groups excluding carboxylic acids is 1. The molecule has 0 saturated heterocycles. The summed E-state index contributed by atoms with van der Waals surface area (Å²) in [5.74, 6) is -1.10. The van der Waals surface area contributed by atoms with Gasteiger partial charge in [0.1, 0.15) is 17.2 Å². The zero-order valence-corrected chi connectivity index (χ0v) is 10.3. The van der Waals surface area contributed by atoms with Crippen LogP contribution in [-0.4, -0.2) is 26.3 Å². The molecule has 1 heterocycles. The Bertz CT molecular complexity index is 622. The molecule has 0 bridgehead atoms. The lowest BCUT2D eigenvalue weighted by Gasteiger charge is -1.98. The van der Waals surface area contributed by atoms with E-state index in [4.69, 9.17) is 5.73 Å². The Morgan fingerprint density at radius 1 is 1.39 bits per heavy atom. The molecule has 2 aromatic rings. The molecule has 0 aliphatic heterocycles. The van der Waals surface area contributed by atoms with Crippen LogP contribution in [0.5, 0.6) is 0 Å². The predicted octanol–water partition coefficient (Wildman–Crippen LogP) is 1.05. The third kappa shape index (κ3) is 2.30. The Kier molecular flexibility index (Phi) is 3.24. The molecule has 18 heavy (non-hydrogen) atoms. The number of nitrogens with one attached hydrogen (secondary N) is 1. The van der Waals surface area contributed by atoms with Crippen molar-refractivity contribution in [1.82, 2.24) is 9.97 Å². The fraction of sp³-hybridized carbons (Fsp3) is 0.0909. The summed E-state index contributed by atoms with van der Waals surface area (Å²) in [6, 6.07) is 5.44. The zero-order valence-electron chi connectivity index (χ0n) is 9.44. The van der Waals surface area contributed by atoms with E-state index in [-0.39, 0.29) is 16.5 Å². The molecule has 0 spiro atoms. The van der Waals surface area contributed by atoms with Crippen LogP contribution in [0.1, 0.15) is 10.5 Å². The van der Waals surface area contributed by atoms with Crippen molar-refractivity contribution in [2.24, 2.45) is 5.73 Å². The topological polar surface area (TPSA) is 88.8 Å². The van der Waals surface area contributed by atoms with Crippen LogP contribution in [0.4, 0.5) is 4.39 Å². The molecule has 1 atom stereocenters. The molecule has 0 aliphatic rings. The fourth-order valence-electron chi connectivity index (χ4n) is 1.48. The summed E-state index contributed by atoms with van der Waals surface area (Å²) >= 11 is 0. The maximum absolute atomic E-state index is 12.8. The maximum atomic E-state index is 12.8. The molecule has 1 amide bonds. The SMILES string of the molecule is CS(=O)c1nc(-c2ccc(F)cc2)c(C(N)=O)[nH]1. The van der Waals surface area contributed by atoms with Gasteiger partial charge in [0.05, 0.1) is 10.8 Å². The van der Waals surface area contributed by atoms with E-state index in [0.29, 0.717) is 5.56 Å². The predicted molar refractivity (Wildman–Crippen MR) is 64.8 cm³/mol. The van der Waals surface area contributed by atoms with Gasteiger partial charge in [-0.3, -0.25) is 9.00 Å². The molecule has 1 aromatic heterocycles. The molecule has 1 unspecified atom stereocenters. The molecule has 7 heteroatoms. The van der Waals surface area contributed by atoms with Gasteiger partial charge in [-0.05, 0) is 24.3 Å². The van der Waals surface area contributed by atoms with Gasteiger partial charge in [-0.25, -0.2) is 9.37 Å². The number of imidazole rings is 1. The highest BCUT2D eigenvalue weighted by molar-refractivity contribution is 7.84. The van der Waals surface area contributed by atoms with Crippen LogP contribution >= 0.6 is 0 Å². The standard InChI is InChI=1S/C11H10FN3O2S/c1-18(17)11-14-8(9(15-11)10(13)16)6-2-4-7(12)5-3-6/h2-5H,1H3,(H2,13,16)(H,14,15). The molecule has 1 aromatic carbocycles. The minimum absolute atomic E-state index is 0.0619. The van der Waals surface area contributed by atoms with Crippen molar-refractivity contribution in [3.8, 4) is 11.3 Å². The van der Waals surface area contributed by atoms with Crippen molar-refractivity contribution >= 4 is 16.7 Å². The van der Waals surface area contributed by atoms with Crippen LogP contribution in [0.2, 0.25) is 0 Å². The lowest BCUT2D eigenvalue weighted by atomic mass is 10.1. The van der Waals surface area contributed by atoms with Gasteiger partial charge in [-0.2, -0.15) is 0 Å². The average Bonchev–Trinajstić information content (AvgIpc) is 2.75. The largest absolute Gasteiger partial charge is 0.364 e. The number of aromatic amines is 1. The van der Waals surface area contributed by atoms with Gasteiger partial charge in [0.15, 0.2) is 5.16 Å². The van der Waals surface area contributed by atoms with Gasteiger partial charge < -0.3 is 10.7 Å². The van der Waals surface area contributed by atoms with Gasteiger partial charge in [-0.15, -0.1) is 0 Å². The Labute approximate surface area is 105 Å². The van der Waals surface area contributed by atoms with E-state index in [2.05, 4.69) is 9.97 Å². The smallest absolute Gasteiger partial charge is 0.267 e. The summed E-state index contributed by atoms with van der Waals surface area (Å²) in [4.78, 5) is 17.9.